The van der Waals surface area contributed by atoms with Crippen molar-refractivity contribution < 1.29 is 17.5 Å². The third-order valence-electron chi connectivity index (χ3n) is 6.76. The number of aromatic nitrogens is 5. The monoisotopic (exact) mass is 524 g/mol. The van der Waals surface area contributed by atoms with Crippen LogP contribution in [0.2, 0.25) is 0 Å². The highest BCUT2D eigenvalue weighted by molar-refractivity contribution is 7.90. The first-order valence-corrected chi connectivity index (χ1v) is 14.3. The van der Waals surface area contributed by atoms with Crippen LogP contribution in [0.15, 0.2) is 47.9 Å². The molecule has 194 valence electrons. The zero-order chi connectivity index (χ0) is 26.2. The molecule has 4 heterocycles. The van der Waals surface area contributed by atoms with Gasteiger partial charge in [-0.2, -0.15) is 0 Å². The maximum absolute atomic E-state index is 14.7. The Morgan fingerprint density at radius 2 is 1.81 bits per heavy atom. The minimum atomic E-state index is -3.53. The lowest BCUT2D eigenvalue weighted by Gasteiger charge is -2.32. The van der Waals surface area contributed by atoms with Gasteiger partial charge in [-0.15, -0.1) is 0 Å². The Morgan fingerprint density at radius 1 is 1.08 bits per heavy atom. The van der Waals surface area contributed by atoms with E-state index in [1.54, 1.807) is 6.20 Å². The highest BCUT2D eigenvalue weighted by atomic mass is 32.2. The molecule has 1 aliphatic rings. The number of sulfone groups is 1. The summed E-state index contributed by atoms with van der Waals surface area (Å²) in [4.78, 5) is 20.3. The fourth-order valence-electron chi connectivity index (χ4n) is 4.73. The molecule has 9 nitrogen and oxygen atoms in total. The SMILES string of the molecule is CCc1cnc(N2CCC(c3c(CC)nc4c(Oc5ccc(S(C)(=O)=O)cc5F)nccn34)CC2)nc1. The van der Waals surface area contributed by atoms with Gasteiger partial charge in [0.1, 0.15) is 0 Å². The van der Waals surface area contributed by atoms with Crippen molar-refractivity contribution in [1.82, 2.24) is 24.3 Å². The summed E-state index contributed by atoms with van der Waals surface area (Å²) in [5.41, 5.74) is 3.68. The highest BCUT2D eigenvalue weighted by Gasteiger charge is 2.28. The Labute approximate surface area is 215 Å². The molecule has 0 radical (unpaired) electrons. The van der Waals surface area contributed by atoms with Gasteiger partial charge in [0.2, 0.25) is 11.6 Å². The number of hydrogen-bond acceptors (Lipinski definition) is 8. The predicted molar refractivity (Wildman–Crippen MR) is 138 cm³/mol. The lowest BCUT2D eigenvalue weighted by atomic mass is 9.91. The zero-order valence-corrected chi connectivity index (χ0v) is 21.9. The van der Waals surface area contributed by atoms with Gasteiger partial charge in [0.15, 0.2) is 21.4 Å². The fraction of sp³-hybridized carbons (Fsp3) is 0.385. The Morgan fingerprint density at radius 3 is 2.43 bits per heavy atom. The van der Waals surface area contributed by atoms with E-state index in [0.717, 1.165) is 74.0 Å². The van der Waals surface area contributed by atoms with E-state index in [0.29, 0.717) is 5.65 Å². The number of piperidine rings is 1. The van der Waals surface area contributed by atoms with Crippen LogP contribution < -0.4 is 9.64 Å². The van der Waals surface area contributed by atoms with Gasteiger partial charge in [-0.05, 0) is 49.4 Å². The van der Waals surface area contributed by atoms with E-state index in [1.165, 1.54) is 12.1 Å². The van der Waals surface area contributed by atoms with Crippen LogP contribution in [-0.2, 0) is 22.7 Å². The molecule has 0 spiro atoms. The van der Waals surface area contributed by atoms with Gasteiger partial charge in [-0.1, -0.05) is 13.8 Å². The van der Waals surface area contributed by atoms with Crippen molar-refractivity contribution in [3.8, 4) is 11.6 Å². The average molecular weight is 525 g/mol. The first kappa shape index (κ1) is 25.1. The molecule has 1 saturated heterocycles. The van der Waals surface area contributed by atoms with Crippen LogP contribution >= 0.6 is 0 Å². The predicted octanol–water partition coefficient (Wildman–Crippen LogP) is 4.36. The summed E-state index contributed by atoms with van der Waals surface area (Å²) in [6, 6.07) is 3.56. The number of imidazole rings is 1. The molecule has 0 atom stereocenters. The molecule has 1 aromatic carbocycles. The topological polar surface area (TPSA) is 103 Å². The van der Waals surface area contributed by atoms with E-state index in [4.69, 9.17) is 9.72 Å². The van der Waals surface area contributed by atoms with Gasteiger partial charge < -0.3 is 9.64 Å². The molecule has 0 N–H and O–H groups in total. The van der Waals surface area contributed by atoms with Crippen LogP contribution in [0.4, 0.5) is 10.3 Å². The van der Waals surface area contributed by atoms with Crippen LogP contribution in [0.3, 0.4) is 0 Å². The maximum Gasteiger partial charge on any atom is 0.263 e. The van der Waals surface area contributed by atoms with Crippen molar-refractivity contribution in [2.75, 3.05) is 24.2 Å². The van der Waals surface area contributed by atoms with Crippen LogP contribution in [0, 0.1) is 5.82 Å². The molecule has 3 aromatic heterocycles. The van der Waals surface area contributed by atoms with E-state index in [2.05, 4.69) is 33.7 Å². The second-order valence-electron chi connectivity index (χ2n) is 9.20. The number of rotatable bonds is 7. The number of anilines is 1. The third-order valence-corrected chi connectivity index (χ3v) is 7.87. The molecule has 11 heteroatoms. The first-order valence-electron chi connectivity index (χ1n) is 12.4. The van der Waals surface area contributed by atoms with Crippen LogP contribution in [0.5, 0.6) is 11.6 Å². The number of hydrogen-bond donors (Lipinski definition) is 0. The summed E-state index contributed by atoms with van der Waals surface area (Å²) in [7, 11) is -3.53. The summed E-state index contributed by atoms with van der Waals surface area (Å²) in [5.74, 6) is 0.301. The van der Waals surface area contributed by atoms with Crippen molar-refractivity contribution in [2.45, 2.75) is 50.3 Å². The first-order chi connectivity index (χ1) is 17.8. The molecule has 1 aliphatic heterocycles. The molecule has 0 unspecified atom stereocenters. The number of fused-ring (bicyclic) bond motifs is 1. The summed E-state index contributed by atoms with van der Waals surface area (Å²) in [6.45, 7) is 5.81. The minimum absolute atomic E-state index is 0.113. The molecular weight excluding hydrogens is 495 g/mol. The Kier molecular flexibility index (Phi) is 6.80. The Bertz CT molecular complexity index is 1530. The van der Waals surface area contributed by atoms with E-state index < -0.39 is 15.7 Å². The second-order valence-corrected chi connectivity index (χ2v) is 11.2. The van der Waals surface area contributed by atoms with Crippen molar-refractivity contribution in [3.63, 3.8) is 0 Å². The second kappa shape index (κ2) is 10.0. The van der Waals surface area contributed by atoms with E-state index >= 15 is 0 Å². The van der Waals surface area contributed by atoms with Gasteiger partial charge in [0.25, 0.3) is 5.88 Å². The minimum Gasteiger partial charge on any atom is -0.433 e. The molecular formula is C26H29FN6O3S. The summed E-state index contributed by atoms with van der Waals surface area (Å²) >= 11 is 0. The van der Waals surface area contributed by atoms with Gasteiger partial charge >= 0.3 is 0 Å². The van der Waals surface area contributed by atoms with Gasteiger partial charge in [-0.3, -0.25) is 4.40 Å². The third kappa shape index (κ3) is 5.00. The number of nitrogens with zero attached hydrogens (tertiary/aromatic N) is 6. The van der Waals surface area contributed by atoms with Crippen molar-refractivity contribution in [1.29, 1.82) is 0 Å². The molecule has 0 bridgehead atoms. The Balaban J connectivity index is 1.40. The van der Waals surface area contributed by atoms with Crippen molar-refractivity contribution >= 4 is 21.4 Å². The van der Waals surface area contributed by atoms with Gasteiger partial charge in [-0.25, -0.2) is 32.7 Å². The quantitative estimate of drug-likeness (QED) is 0.351. The normalized spacial score (nSPS) is 14.9. The zero-order valence-electron chi connectivity index (χ0n) is 21.1. The highest BCUT2D eigenvalue weighted by Crippen LogP contribution is 2.35. The van der Waals surface area contributed by atoms with Gasteiger partial charge in [0.05, 0.1) is 10.6 Å². The van der Waals surface area contributed by atoms with Gasteiger partial charge in [0, 0.05) is 55.7 Å². The van der Waals surface area contributed by atoms with E-state index in [1.807, 2.05) is 23.0 Å². The summed E-state index contributed by atoms with van der Waals surface area (Å²) < 4.78 is 45.9. The maximum atomic E-state index is 14.7. The molecule has 0 saturated carbocycles. The van der Waals surface area contributed by atoms with Crippen LogP contribution in [-0.4, -0.2) is 52.1 Å². The lowest BCUT2D eigenvalue weighted by molar-refractivity contribution is 0.427. The smallest absolute Gasteiger partial charge is 0.263 e. The number of ether oxygens (including phenoxy) is 1. The molecule has 0 amide bonds. The molecule has 1 fully saturated rings. The fourth-order valence-corrected chi connectivity index (χ4v) is 5.36. The number of halogens is 1. The molecule has 37 heavy (non-hydrogen) atoms. The van der Waals surface area contributed by atoms with E-state index in [9.17, 15) is 12.8 Å². The average Bonchev–Trinajstić information content (AvgIpc) is 3.29. The Hall–Kier alpha value is -3.60. The molecule has 0 aliphatic carbocycles. The molecule has 5 rings (SSSR count). The lowest BCUT2D eigenvalue weighted by Crippen LogP contribution is -2.34. The standard InChI is InChI=1S/C26H29FN6O3S/c1-4-17-15-29-26(30-16-17)32-11-8-18(9-12-32)23-21(5-2)31-24-25(28-10-13-33(23)24)36-22-7-6-19(14-20(22)27)37(3,34)35/h6-7,10,13-16,18H,4-5,8-9,11-12H2,1-3H3. The van der Waals surface area contributed by atoms with E-state index in [-0.39, 0.29) is 22.4 Å². The number of benzene rings is 1. The number of aryl methyl sites for hydroxylation is 2. The summed E-state index contributed by atoms with van der Waals surface area (Å²) in [5, 5.41) is 0. The largest absolute Gasteiger partial charge is 0.433 e. The van der Waals surface area contributed by atoms with Crippen LogP contribution in [0.25, 0.3) is 5.65 Å². The summed E-state index contributed by atoms with van der Waals surface area (Å²) in [6.07, 6.45) is 11.7. The molecule has 4 aromatic rings. The van der Waals surface area contributed by atoms with Crippen molar-refractivity contribution in [3.05, 3.63) is 65.8 Å². The van der Waals surface area contributed by atoms with Crippen molar-refractivity contribution in [2.24, 2.45) is 0 Å². The van der Waals surface area contributed by atoms with Crippen LogP contribution in [0.1, 0.15) is 49.6 Å².